The average Bonchev–Trinajstić information content (AvgIpc) is 3.42. The number of para-hydroxylation sites is 2. The molecule has 2 aromatic heterocycles. The molecule has 0 saturated carbocycles. The fourth-order valence-corrected chi connectivity index (χ4v) is 4.98. The molecule has 0 aliphatic carbocycles. The van der Waals surface area contributed by atoms with E-state index in [9.17, 15) is 9.59 Å². The van der Waals surface area contributed by atoms with E-state index in [1.807, 2.05) is 55.5 Å². The standard InChI is InChI=1S/C32H22Cl2N4O4/c1-19-10-12-22(13-11-19)36-29(39)18-41-30-24(33)14-20(15-25(30)34)17-35-38-31(28-16-21-6-2-5-9-27(21)42-28)37-26-8-4-3-7-23(26)32(38)40/h2-17H,18H2,1H3,(H,36,39). The minimum absolute atomic E-state index is 0.155. The van der Waals surface area contributed by atoms with Crippen LogP contribution in [0.2, 0.25) is 10.0 Å². The van der Waals surface area contributed by atoms with E-state index in [0.29, 0.717) is 33.5 Å². The Bertz CT molecular complexity index is 1990. The second kappa shape index (κ2) is 11.5. The van der Waals surface area contributed by atoms with E-state index in [0.717, 1.165) is 10.9 Å². The largest absolute Gasteiger partial charge is 0.481 e. The molecule has 2 heterocycles. The van der Waals surface area contributed by atoms with E-state index in [-0.39, 0.29) is 39.7 Å². The van der Waals surface area contributed by atoms with Gasteiger partial charge in [0.25, 0.3) is 11.5 Å². The van der Waals surface area contributed by atoms with Crippen LogP contribution in [0.1, 0.15) is 11.1 Å². The predicted octanol–water partition coefficient (Wildman–Crippen LogP) is 7.32. The highest BCUT2D eigenvalue weighted by Crippen LogP contribution is 2.34. The summed E-state index contributed by atoms with van der Waals surface area (Å²) in [4.78, 5) is 30.5. The lowest BCUT2D eigenvalue weighted by Crippen LogP contribution is -2.20. The van der Waals surface area contributed by atoms with E-state index in [2.05, 4.69) is 15.4 Å². The third kappa shape index (κ3) is 5.63. The molecule has 10 heteroatoms. The van der Waals surface area contributed by atoms with E-state index >= 15 is 0 Å². The molecule has 6 aromatic rings. The summed E-state index contributed by atoms with van der Waals surface area (Å²) in [5.41, 5.74) is 3.04. The van der Waals surface area contributed by atoms with E-state index < -0.39 is 0 Å². The van der Waals surface area contributed by atoms with Gasteiger partial charge in [0.2, 0.25) is 5.82 Å². The van der Waals surface area contributed by atoms with Gasteiger partial charge in [-0.2, -0.15) is 9.78 Å². The van der Waals surface area contributed by atoms with E-state index in [1.165, 1.54) is 10.9 Å². The number of ether oxygens (including phenoxy) is 1. The fourth-order valence-electron chi connectivity index (χ4n) is 4.37. The highest BCUT2D eigenvalue weighted by atomic mass is 35.5. The zero-order valence-electron chi connectivity index (χ0n) is 22.2. The number of nitrogens with one attached hydrogen (secondary N) is 1. The first kappa shape index (κ1) is 27.3. The first-order chi connectivity index (χ1) is 20.4. The van der Waals surface area contributed by atoms with Crippen LogP contribution in [0.4, 0.5) is 5.69 Å². The lowest BCUT2D eigenvalue weighted by molar-refractivity contribution is -0.118. The summed E-state index contributed by atoms with van der Waals surface area (Å²) >= 11 is 12.9. The molecule has 0 radical (unpaired) electrons. The minimum atomic E-state index is -0.371. The maximum absolute atomic E-state index is 13.5. The van der Waals surface area contributed by atoms with Gasteiger partial charge in [0.1, 0.15) is 5.58 Å². The number of benzene rings is 4. The molecule has 0 saturated heterocycles. The minimum Gasteiger partial charge on any atom is -0.481 e. The molecule has 1 N–H and O–H groups in total. The second-order valence-electron chi connectivity index (χ2n) is 9.48. The molecule has 0 aliphatic rings. The monoisotopic (exact) mass is 596 g/mol. The SMILES string of the molecule is Cc1ccc(NC(=O)COc2c(Cl)cc(C=Nn3c(-c4cc5ccccc5o4)nc4ccccc4c3=O)cc2Cl)cc1. The molecule has 0 spiro atoms. The Morgan fingerprint density at radius 2 is 1.71 bits per heavy atom. The zero-order chi connectivity index (χ0) is 29.2. The maximum atomic E-state index is 13.5. The quantitative estimate of drug-likeness (QED) is 0.195. The van der Waals surface area contributed by atoms with Crippen molar-refractivity contribution in [2.45, 2.75) is 6.92 Å². The van der Waals surface area contributed by atoms with Gasteiger partial charge >= 0.3 is 0 Å². The molecule has 0 bridgehead atoms. The van der Waals surface area contributed by atoms with E-state index in [4.69, 9.17) is 32.4 Å². The van der Waals surface area contributed by atoms with Crippen LogP contribution in [0, 0.1) is 6.92 Å². The van der Waals surface area contributed by atoms with Crippen LogP contribution in [-0.2, 0) is 4.79 Å². The third-order valence-electron chi connectivity index (χ3n) is 6.43. The number of halogens is 2. The lowest BCUT2D eigenvalue weighted by Gasteiger charge is -2.11. The van der Waals surface area contributed by atoms with Crippen molar-refractivity contribution >= 4 is 62.9 Å². The van der Waals surface area contributed by atoms with Crippen molar-refractivity contribution in [1.82, 2.24) is 9.66 Å². The molecular weight excluding hydrogens is 575 g/mol. The number of fused-ring (bicyclic) bond motifs is 2. The summed E-state index contributed by atoms with van der Waals surface area (Å²) in [6, 6.07) is 26.9. The van der Waals surface area contributed by atoms with Gasteiger partial charge in [-0.25, -0.2) is 4.98 Å². The molecule has 4 aromatic carbocycles. The van der Waals surface area contributed by atoms with Crippen molar-refractivity contribution < 1.29 is 13.9 Å². The number of carbonyl (C=O) groups excluding carboxylic acids is 1. The van der Waals surface area contributed by atoms with Gasteiger partial charge in [-0.15, -0.1) is 0 Å². The maximum Gasteiger partial charge on any atom is 0.282 e. The third-order valence-corrected chi connectivity index (χ3v) is 6.99. The number of furan rings is 1. The number of rotatable bonds is 7. The molecule has 208 valence electrons. The van der Waals surface area contributed by atoms with Gasteiger partial charge in [0, 0.05) is 11.1 Å². The predicted molar refractivity (Wildman–Crippen MR) is 166 cm³/mol. The number of carbonyl (C=O) groups is 1. The first-order valence-electron chi connectivity index (χ1n) is 12.9. The van der Waals surface area contributed by atoms with Crippen LogP contribution in [0.25, 0.3) is 33.5 Å². The Labute approximate surface area is 249 Å². The summed E-state index contributed by atoms with van der Waals surface area (Å²) in [6.07, 6.45) is 1.44. The molecule has 8 nitrogen and oxygen atoms in total. The number of hydrogen-bond donors (Lipinski definition) is 1. The normalized spacial score (nSPS) is 11.4. The van der Waals surface area contributed by atoms with Crippen LogP contribution >= 0.6 is 23.2 Å². The Morgan fingerprint density at radius 1 is 1.00 bits per heavy atom. The Kier molecular flexibility index (Phi) is 7.48. The molecule has 42 heavy (non-hydrogen) atoms. The fraction of sp³-hybridized carbons (Fsp3) is 0.0625. The Morgan fingerprint density at radius 3 is 2.48 bits per heavy atom. The first-order valence-corrected chi connectivity index (χ1v) is 13.6. The Balaban J connectivity index is 1.28. The Hall–Kier alpha value is -4.92. The summed E-state index contributed by atoms with van der Waals surface area (Å²) < 4.78 is 12.8. The van der Waals surface area contributed by atoms with Crippen molar-refractivity contribution in [2.24, 2.45) is 5.10 Å². The number of aromatic nitrogens is 2. The van der Waals surface area contributed by atoms with Gasteiger partial charge in [-0.05, 0) is 61.0 Å². The topological polar surface area (TPSA) is 98.7 Å². The van der Waals surface area contributed by atoms with Crippen molar-refractivity contribution in [1.29, 1.82) is 0 Å². The van der Waals surface area contributed by atoms with Gasteiger partial charge < -0.3 is 14.5 Å². The zero-order valence-corrected chi connectivity index (χ0v) is 23.7. The van der Waals surface area contributed by atoms with Crippen molar-refractivity contribution in [3.05, 3.63) is 123 Å². The van der Waals surface area contributed by atoms with Gasteiger partial charge in [0.15, 0.2) is 18.1 Å². The van der Waals surface area contributed by atoms with Crippen molar-refractivity contribution in [2.75, 3.05) is 11.9 Å². The average molecular weight is 597 g/mol. The van der Waals surface area contributed by atoms with Crippen LogP contribution in [-0.4, -0.2) is 28.4 Å². The second-order valence-corrected chi connectivity index (χ2v) is 10.3. The van der Waals surface area contributed by atoms with Gasteiger partial charge in [-0.1, -0.05) is 71.2 Å². The summed E-state index contributed by atoms with van der Waals surface area (Å²) in [7, 11) is 0. The van der Waals surface area contributed by atoms with Crippen LogP contribution in [0.5, 0.6) is 5.75 Å². The van der Waals surface area contributed by atoms with Crippen LogP contribution in [0.15, 0.2) is 105 Å². The summed E-state index contributed by atoms with van der Waals surface area (Å²) in [5.74, 6) is 0.419. The number of nitrogens with zero attached hydrogens (tertiary/aromatic N) is 3. The molecule has 6 rings (SSSR count). The molecule has 0 atom stereocenters. The highest BCUT2D eigenvalue weighted by Gasteiger charge is 2.17. The smallest absolute Gasteiger partial charge is 0.282 e. The molecule has 0 aliphatic heterocycles. The number of amides is 1. The van der Waals surface area contributed by atoms with Gasteiger partial charge in [-0.3, -0.25) is 9.59 Å². The number of aryl methyl sites for hydroxylation is 1. The van der Waals surface area contributed by atoms with Crippen LogP contribution < -0.4 is 15.6 Å². The highest BCUT2D eigenvalue weighted by molar-refractivity contribution is 6.37. The van der Waals surface area contributed by atoms with Crippen molar-refractivity contribution in [3.63, 3.8) is 0 Å². The summed E-state index contributed by atoms with van der Waals surface area (Å²) in [5, 5.41) is 8.82. The number of anilines is 1. The number of hydrogen-bond acceptors (Lipinski definition) is 6. The molecular formula is C32H22Cl2N4O4. The molecule has 0 unspecified atom stereocenters. The summed E-state index contributed by atoms with van der Waals surface area (Å²) in [6.45, 7) is 1.67. The van der Waals surface area contributed by atoms with Gasteiger partial charge in [0.05, 0.1) is 27.2 Å². The van der Waals surface area contributed by atoms with Crippen LogP contribution in [0.3, 0.4) is 0 Å². The lowest BCUT2D eigenvalue weighted by atomic mass is 10.2. The molecule has 1 amide bonds. The van der Waals surface area contributed by atoms with E-state index in [1.54, 1.807) is 42.5 Å². The molecule has 0 fully saturated rings. The van der Waals surface area contributed by atoms with Crippen molar-refractivity contribution in [3.8, 4) is 17.3 Å².